The van der Waals surface area contributed by atoms with Gasteiger partial charge < -0.3 is 9.72 Å². The molecule has 0 unspecified atom stereocenters. The fourth-order valence-corrected chi connectivity index (χ4v) is 1.63. The van der Waals surface area contributed by atoms with Crippen LogP contribution in [-0.2, 0) is 9.53 Å². The highest BCUT2D eigenvalue weighted by atomic mass is 16.5. The number of pyridine rings is 1. The minimum atomic E-state index is -0.205. The van der Waals surface area contributed by atoms with Gasteiger partial charge in [-0.2, -0.15) is 0 Å². The molecule has 0 saturated heterocycles. The summed E-state index contributed by atoms with van der Waals surface area (Å²) in [5.41, 5.74) is 1.89. The molecule has 0 saturated carbocycles. The predicted molar refractivity (Wildman–Crippen MR) is 66.4 cm³/mol. The summed E-state index contributed by atoms with van der Waals surface area (Å²) < 4.78 is 4.84. The van der Waals surface area contributed by atoms with Gasteiger partial charge in [-0.05, 0) is 24.6 Å². The Balaban J connectivity index is 2.10. The van der Waals surface area contributed by atoms with E-state index < -0.39 is 0 Å². The Labute approximate surface area is 99.3 Å². The maximum Gasteiger partial charge on any atom is 0.309 e. The Hall–Kier alpha value is -2.10. The Morgan fingerprint density at radius 3 is 3.24 bits per heavy atom. The summed E-state index contributed by atoms with van der Waals surface area (Å²) in [6.45, 7) is 2.22. The quantitative estimate of drug-likeness (QED) is 0.821. The fraction of sp³-hybridized carbons (Fsp3) is 0.231. The van der Waals surface area contributed by atoms with E-state index in [1.54, 1.807) is 19.2 Å². The second kappa shape index (κ2) is 5.30. The largest absolute Gasteiger partial charge is 0.466 e. The van der Waals surface area contributed by atoms with E-state index in [9.17, 15) is 4.79 Å². The van der Waals surface area contributed by atoms with Crippen molar-refractivity contribution in [3.63, 3.8) is 0 Å². The van der Waals surface area contributed by atoms with E-state index in [1.807, 2.05) is 24.4 Å². The zero-order valence-corrected chi connectivity index (χ0v) is 9.64. The first-order chi connectivity index (χ1) is 8.31. The lowest BCUT2D eigenvalue weighted by Gasteiger charge is -1.98. The minimum Gasteiger partial charge on any atom is -0.466 e. The number of nitrogens with one attached hydrogen (secondary N) is 1. The molecule has 2 rings (SSSR count). The van der Waals surface area contributed by atoms with Crippen LogP contribution < -0.4 is 0 Å². The van der Waals surface area contributed by atoms with Gasteiger partial charge in [-0.25, -0.2) is 4.98 Å². The number of H-pyrrole nitrogens is 1. The van der Waals surface area contributed by atoms with Crippen molar-refractivity contribution in [1.82, 2.24) is 9.97 Å². The molecule has 0 radical (unpaired) electrons. The van der Waals surface area contributed by atoms with Gasteiger partial charge in [-0.3, -0.25) is 4.79 Å². The fourth-order valence-electron chi connectivity index (χ4n) is 1.63. The summed E-state index contributed by atoms with van der Waals surface area (Å²) in [7, 11) is 0. The second-order valence-corrected chi connectivity index (χ2v) is 3.55. The summed E-state index contributed by atoms with van der Waals surface area (Å²) in [5, 5.41) is 1.05. The van der Waals surface area contributed by atoms with Crippen molar-refractivity contribution in [3.05, 3.63) is 36.2 Å². The summed E-state index contributed by atoms with van der Waals surface area (Å²) in [6, 6.07) is 3.88. The first-order valence-electron chi connectivity index (χ1n) is 5.55. The van der Waals surface area contributed by atoms with Gasteiger partial charge in [-0.1, -0.05) is 12.2 Å². The van der Waals surface area contributed by atoms with Crippen molar-refractivity contribution < 1.29 is 9.53 Å². The van der Waals surface area contributed by atoms with Crippen LogP contribution in [0.2, 0.25) is 0 Å². The molecule has 0 aliphatic carbocycles. The average molecular weight is 230 g/mol. The third kappa shape index (κ3) is 2.72. The molecule has 0 fully saturated rings. The smallest absolute Gasteiger partial charge is 0.309 e. The van der Waals surface area contributed by atoms with Crippen LogP contribution in [0.5, 0.6) is 0 Å². The Morgan fingerprint density at radius 1 is 1.53 bits per heavy atom. The molecular weight excluding hydrogens is 216 g/mol. The van der Waals surface area contributed by atoms with Gasteiger partial charge in [0.2, 0.25) is 0 Å². The molecule has 0 spiro atoms. The molecule has 88 valence electrons. The van der Waals surface area contributed by atoms with Gasteiger partial charge in [0.1, 0.15) is 5.65 Å². The number of ether oxygens (including phenoxy) is 1. The molecular formula is C13H14N2O2. The summed E-state index contributed by atoms with van der Waals surface area (Å²) in [4.78, 5) is 18.4. The molecule has 2 aromatic rings. The van der Waals surface area contributed by atoms with Crippen LogP contribution in [0.25, 0.3) is 17.1 Å². The van der Waals surface area contributed by atoms with E-state index >= 15 is 0 Å². The van der Waals surface area contributed by atoms with Crippen molar-refractivity contribution in [3.8, 4) is 0 Å². The van der Waals surface area contributed by atoms with Crippen LogP contribution >= 0.6 is 0 Å². The Morgan fingerprint density at radius 2 is 2.41 bits per heavy atom. The normalized spacial score (nSPS) is 11.1. The van der Waals surface area contributed by atoms with E-state index in [0.29, 0.717) is 13.0 Å². The number of fused-ring (bicyclic) bond motifs is 1. The van der Waals surface area contributed by atoms with Gasteiger partial charge in [0.15, 0.2) is 0 Å². The van der Waals surface area contributed by atoms with Gasteiger partial charge in [0.25, 0.3) is 0 Å². The summed E-state index contributed by atoms with van der Waals surface area (Å²) in [5.74, 6) is -0.205. The molecule has 2 heterocycles. The van der Waals surface area contributed by atoms with Crippen molar-refractivity contribution >= 4 is 23.1 Å². The first-order valence-corrected chi connectivity index (χ1v) is 5.55. The maximum atomic E-state index is 11.2. The number of aromatic nitrogens is 2. The van der Waals surface area contributed by atoms with Crippen LogP contribution in [0.3, 0.4) is 0 Å². The average Bonchev–Trinajstić information content (AvgIpc) is 2.78. The van der Waals surface area contributed by atoms with Crippen LogP contribution in [-0.4, -0.2) is 22.5 Å². The number of nitrogens with zero attached hydrogens (tertiary/aromatic N) is 1. The number of hydrogen-bond donors (Lipinski definition) is 1. The molecule has 17 heavy (non-hydrogen) atoms. The molecule has 0 amide bonds. The lowest BCUT2D eigenvalue weighted by molar-refractivity contribution is -0.142. The molecule has 0 bridgehead atoms. The van der Waals surface area contributed by atoms with Crippen LogP contribution in [0.4, 0.5) is 0 Å². The molecule has 1 N–H and O–H groups in total. The maximum absolute atomic E-state index is 11.2. The minimum absolute atomic E-state index is 0.205. The molecule has 0 aromatic carbocycles. The molecule has 4 heteroatoms. The van der Waals surface area contributed by atoms with Gasteiger partial charge in [0, 0.05) is 17.8 Å². The van der Waals surface area contributed by atoms with Crippen LogP contribution in [0, 0.1) is 0 Å². The van der Waals surface area contributed by atoms with E-state index in [4.69, 9.17) is 4.74 Å². The van der Waals surface area contributed by atoms with Gasteiger partial charge >= 0.3 is 5.97 Å². The number of esters is 1. The number of hydrogen-bond acceptors (Lipinski definition) is 3. The molecule has 0 aliphatic heterocycles. The monoisotopic (exact) mass is 230 g/mol. The third-order valence-electron chi connectivity index (χ3n) is 2.38. The van der Waals surface area contributed by atoms with Crippen molar-refractivity contribution in [2.24, 2.45) is 0 Å². The highest BCUT2D eigenvalue weighted by Crippen LogP contribution is 2.16. The lowest BCUT2D eigenvalue weighted by Crippen LogP contribution is -2.01. The molecule has 0 aliphatic rings. The number of aromatic amines is 1. The molecule has 4 nitrogen and oxygen atoms in total. The Kier molecular flexibility index (Phi) is 3.55. The van der Waals surface area contributed by atoms with E-state index in [0.717, 1.165) is 16.6 Å². The first kappa shape index (κ1) is 11.4. The van der Waals surface area contributed by atoms with Gasteiger partial charge in [-0.15, -0.1) is 0 Å². The highest BCUT2D eigenvalue weighted by molar-refractivity contribution is 5.86. The summed E-state index contributed by atoms with van der Waals surface area (Å²) in [6.07, 6.45) is 7.60. The molecule has 0 atom stereocenters. The zero-order chi connectivity index (χ0) is 12.1. The van der Waals surface area contributed by atoms with E-state index in [1.165, 1.54) is 0 Å². The van der Waals surface area contributed by atoms with Crippen LogP contribution in [0.1, 0.15) is 18.9 Å². The lowest BCUT2D eigenvalue weighted by atomic mass is 10.1. The summed E-state index contributed by atoms with van der Waals surface area (Å²) >= 11 is 0. The predicted octanol–water partition coefficient (Wildman–Crippen LogP) is 2.53. The number of carbonyl (C=O) groups is 1. The topological polar surface area (TPSA) is 55.0 Å². The standard InChI is InChI=1S/C13H14N2O2/c1-2-17-12(16)5-3-4-10-6-8-14-13-11(10)7-9-15-13/h3-4,6-9H,2,5H2,1H3,(H,14,15). The van der Waals surface area contributed by atoms with Crippen molar-refractivity contribution in [1.29, 1.82) is 0 Å². The van der Waals surface area contributed by atoms with Crippen LogP contribution in [0.15, 0.2) is 30.6 Å². The van der Waals surface area contributed by atoms with Crippen molar-refractivity contribution in [2.75, 3.05) is 6.61 Å². The highest BCUT2D eigenvalue weighted by Gasteiger charge is 2.00. The number of carbonyl (C=O) groups excluding carboxylic acids is 1. The van der Waals surface area contributed by atoms with E-state index in [2.05, 4.69) is 9.97 Å². The SMILES string of the molecule is CCOC(=O)CC=Cc1ccnc2[nH]ccc12. The van der Waals surface area contributed by atoms with Crippen molar-refractivity contribution in [2.45, 2.75) is 13.3 Å². The second-order valence-electron chi connectivity index (χ2n) is 3.55. The number of rotatable bonds is 4. The third-order valence-corrected chi connectivity index (χ3v) is 2.38. The Bertz CT molecular complexity index is 543. The van der Waals surface area contributed by atoms with E-state index in [-0.39, 0.29) is 5.97 Å². The van der Waals surface area contributed by atoms with Gasteiger partial charge in [0.05, 0.1) is 13.0 Å². The molecule has 2 aromatic heterocycles. The zero-order valence-electron chi connectivity index (χ0n) is 9.64.